The molecule has 0 aliphatic heterocycles. The maximum Gasteiger partial charge on any atom is 0.187 e. The molecule has 0 amide bonds. The van der Waals surface area contributed by atoms with Gasteiger partial charge in [0, 0.05) is 36.3 Å². The first-order chi connectivity index (χ1) is 11.7. The van der Waals surface area contributed by atoms with Crippen LogP contribution in [-0.2, 0) is 6.42 Å². The average molecular weight is 333 g/mol. The summed E-state index contributed by atoms with van der Waals surface area (Å²) in [6.07, 6.45) is 4.53. The monoisotopic (exact) mass is 333 g/mol. The van der Waals surface area contributed by atoms with E-state index in [-0.39, 0.29) is 5.48 Å². The van der Waals surface area contributed by atoms with Crippen LogP contribution in [0.15, 0.2) is 54.9 Å². The third-order valence-corrected chi connectivity index (χ3v) is 3.55. The quantitative estimate of drug-likeness (QED) is 0.726. The van der Waals surface area contributed by atoms with Gasteiger partial charge in [-0.2, -0.15) is 0 Å². The number of rotatable bonds is 5. The van der Waals surface area contributed by atoms with E-state index in [9.17, 15) is 0 Å². The molecule has 0 saturated heterocycles. The van der Waals surface area contributed by atoms with Crippen molar-refractivity contribution in [3.8, 4) is 11.4 Å². The van der Waals surface area contributed by atoms with Gasteiger partial charge in [0.1, 0.15) is 5.82 Å². The summed E-state index contributed by atoms with van der Waals surface area (Å²) >= 11 is 0. The van der Waals surface area contributed by atoms with Gasteiger partial charge in [0.05, 0.1) is 6.57 Å². The summed E-state index contributed by atoms with van der Waals surface area (Å²) in [5.74, 6) is 1.46. The Balaban J connectivity index is 0.00000225. The molecule has 0 saturated carbocycles. The third kappa shape index (κ3) is 4.83. The summed E-state index contributed by atoms with van der Waals surface area (Å²) in [6.45, 7) is 9.74. The fourth-order valence-electron chi connectivity index (χ4n) is 2.35. The van der Waals surface area contributed by atoms with Crippen molar-refractivity contribution in [1.82, 2.24) is 15.0 Å². The second kappa shape index (κ2) is 8.52. The molecule has 3 N–H and O–H groups in total. The lowest BCUT2D eigenvalue weighted by molar-refractivity contribution is 0.824. The predicted molar refractivity (Wildman–Crippen MR) is 98.5 cm³/mol. The molecule has 1 aromatic carbocycles. The summed E-state index contributed by atoms with van der Waals surface area (Å²) in [5, 5.41) is 3.34. The van der Waals surface area contributed by atoms with Crippen molar-refractivity contribution in [3.05, 3.63) is 77.5 Å². The fraction of sp³-hybridized carbons (Fsp3) is 0.158. The fourth-order valence-corrected chi connectivity index (χ4v) is 2.35. The van der Waals surface area contributed by atoms with E-state index in [4.69, 9.17) is 6.57 Å². The predicted octanol–water partition coefficient (Wildman–Crippen LogP) is 3.23. The molecule has 0 spiro atoms. The first kappa shape index (κ1) is 18.0. The summed E-state index contributed by atoms with van der Waals surface area (Å²) < 4.78 is 0. The van der Waals surface area contributed by atoms with Crippen LogP contribution in [0.3, 0.4) is 0 Å². The van der Waals surface area contributed by atoms with Gasteiger partial charge in [-0.25, -0.2) is 14.8 Å². The van der Waals surface area contributed by atoms with Crippen LogP contribution in [0, 0.1) is 13.5 Å². The van der Waals surface area contributed by atoms with Crippen LogP contribution in [-0.4, -0.2) is 27.0 Å². The number of anilines is 1. The van der Waals surface area contributed by atoms with Gasteiger partial charge >= 0.3 is 0 Å². The van der Waals surface area contributed by atoms with E-state index in [0.29, 0.717) is 11.5 Å². The Kier molecular flexibility index (Phi) is 6.15. The van der Waals surface area contributed by atoms with E-state index >= 15 is 0 Å². The Labute approximate surface area is 146 Å². The van der Waals surface area contributed by atoms with Gasteiger partial charge in [-0.1, -0.05) is 30.3 Å². The molecular formula is C19H19N5O. The number of aryl methyl sites for hydroxylation is 1. The van der Waals surface area contributed by atoms with Crippen LogP contribution in [0.4, 0.5) is 11.5 Å². The molecule has 126 valence electrons. The maximum atomic E-state index is 7.01. The van der Waals surface area contributed by atoms with Crippen molar-refractivity contribution < 1.29 is 5.48 Å². The average Bonchev–Trinajstić information content (AvgIpc) is 2.62. The lowest BCUT2D eigenvalue weighted by Gasteiger charge is -2.09. The Morgan fingerprint density at radius 1 is 1.12 bits per heavy atom. The molecular weight excluding hydrogens is 314 g/mol. The number of benzene rings is 1. The van der Waals surface area contributed by atoms with Crippen molar-refractivity contribution >= 4 is 11.5 Å². The van der Waals surface area contributed by atoms with Crippen molar-refractivity contribution in [2.75, 3.05) is 11.9 Å². The molecule has 25 heavy (non-hydrogen) atoms. The van der Waals surface area contributed by atoms with E-state index < -0.39 is 0 Å². The number of hydrogen-bond donors (Lipinski definition) is 1. The molecule has 0 fully saturated rings. The van der Waals surface area contributed by atoms with Gasteiger partial charge in [0.2, 0.25) is 0 Å². The largest absolute Gasteiger partial charge is 0.412 e. The molecule has 2 heterocycles. The van der Waals surface area contributed by atoms with Gasteiger partial charge in [0.15, 0.2) is 11.5 Å². The highest BCUT2D eigenvalue weighted by molar-refractivity contribution is 5.61. The lowest BCUT2D eigenvalue weighted by Crippen LogP contribution is -2.08. The normalized spacial score (nSPS) is 9.76. The Morgan fingerprint density at radius 2 is 1.92 bits per heavy atom. The molecule has 6 heteroatoms. The number of nitrogens with zero attached hydrogens (tertiary/aromatic N) is 4. The standard InChI is InChI=1S/C19H17N5.H2O/c1-14-12-18(22-11-9-15-4-3-10-21-13-15)24-19(23-14)16-5-7-17(20-2)8-6-16;/h3-8,10,12-13H,9,11H2,1H3,(H,22,23,24);1H2. The SMILES string of the molecule is O.[C-]#[N+]c1ccc(-c2nc(C)cc(NCCc3cccnc3)n2)cc1. The topological polar surface area (TPSA) is 86.6 Å². The second-order valence-corrected chi connectivity index (χ2v) is 5.41. The summed E-state index contributed by atoms with van der Waals surface area (Å²) in [7, 11) is 0. The van der Waals surface area contributed by atoms with Gasteiger partial charge in [0.25, 0.3) is 0 Å². The molecule has 0 atom stereocenters. The minimum atomic E-state index is 0. The molecule has 0 radical (unpaired) electrons. The first-order valence-corrected chi connectivity index (χ1v) is 7.71. The maximum absolute atomic E-state index is 7.01. The zero-order valence-electron chi connectivity index (χ0n) is 13.9. The van der Waals surface area contributed by atoms with Crippen LogP contribution in [0.25, 0.3) is 16.2 Å². The lowest BCUT2D eigenvalue weighted by atomic mass is 10.2. The number of aromatic nitrogens is 3. The van der Waals surface area contributed by atoms with E-state index in [2.05, 4.69) is 31.2 Å². The van der Waals surface area contributed by atoms with Gasteiger partial charge in [-0.3, -0.25) is 4.98 Å². The van der Waals surface area contributed by atoms with Crippen molar-refractivity contribution in [3.63, 3.8) is 0 Å². The van der Waals surface area contributed by atoms with Crippen LogP contribution >= 0.6 is 0 Å². The molecule has 0 aliphatic rings. The summed E-state index contributed by atoms with van der Waals surface area (Å²) in [5.41, 5.74) is 3.60. The number of pyridine rings is 1. The molecule has 2 aromatic heterocycles. The highest BCUT2D eigenvalue weighted by atomic mass is 16.0. The van der Waals surface area contributed by atoms with E-state index in [0.717, 1.165) is 30.0 Å². The van der Waals surface area contributed by atoms with E-state index in [1.807, 2.05) is 37.4 Å². The molecule has 0 unspecified atom stereocenters. The Morgan fingerprint density at radius 3 is 2.60 bits per heavy atom. The Bertz CT molecular complexity index is 857. The van der Waals surface area contributed by atoms with Crippen LogP contribution in [0.5, 0.6) is 0 Å². The van der Waals surface area contributed by atoms with Gasteiger partial charge in [-0.15, -0.1) is 0 Å². The van der Waals surface area contributed by atoms with E-state index in [1.54, 1.807) is 18.3 Å². The summed E-state index contributed by atoms with van der Waals surface area (Å²) in [4.78, 5) is 16.6. The molecule has 0 bridgehead atoms. The van der Waals surface area contributed by atoms with Crippen molar-refractivity contribution in [2.24, 2.45) is 0 Å². The van der Waals surface area contributed by atoms with E-state index in [1.165, 1.54) is 5.56 Å². The molecule has 0 aliphatic carbocycles. The van der Waals surface area contributed by atoms with Crippen molar-refractivity contribution in [2.45, 2.75) is 13.3 Å². The minimum absolute atomic E-state index is 0. The molecule has 3 rings (SSSR count). The zero-order chi connectivity index (χ0) is 16.8. The Hall–Kier alpha value is -3.30. The summed E-state index contributed by atoms with van der Waals surface area (Å²) in [6, 6.07) is 13.2. The highest BCUT2D eigenvalue weighted by Gasteiger charge is 2.05. The second-order valence-electron chi connectivity index (χ2n) is 5.41. The number of hydrogen-bond acceptors (Lipinski definition) is 4. The zero-order valence-corrected chi connectivity index (χ0v) is 13.9. The van der Waals surface area contributed by atoms with Gasteiger partial charge in [-0.05, 0) is 25.0 Å². The third-order valence-electron chi connectivity index (χ3n) is 3.55. The smallest absolute Gasteiger partial charge is 0.187 e. The van der Waals surface area contributed by atoms with Crippen molar-refractivity contribution in [1.29, 1.82) is 0 Å². The van der Waals surface area contributed by atoms with Gasteiger partial charge < -0.3 is 10.8 Å². The minimum Gasteiger partial charge on any atom is -0.412 e. The highest BCUT2D eigenvalue weighted by Crippen LogP contribution is 2.21. The molecule has 6 nitrogen and oxygen atoms in total. The molecule has 3 aromatic rings. The number of nitrogens with one attached hydrogen (secondary N) is 1. The van der Waals surface area contributed by atoms with Crippen LogP contribution in [0.1, 0.15) is 11.3 Å². The first-order valence-electron chi connectivity index (χ1n) is 7.71. The van der Waals surface area contributed by atoms with Crippen LogP contribution < -0.4 is 5.32 Å². The van der Waals surface area contributed by atoms with Crippen LogP contribution in [0.2, 0.25) is 0 Å².